The number of rotatable bonds is 4. The zero-order chi connectivity index (χ0) is 19.8. The summed E-state index contributed by atoms with van der Waals surface area (Å²) in [7, 11) is 0. The normalized spacial score (nSPS) is 19.3. The number of hydrogen-bond acceptors (Lipinski definition) is 3. The van der Waals surface area contributed by atoms with E-state index in [4.69, 9.17) is 23.2 Å². The zero-order valence-corrected chi connectivity index (χ0v) is 15.8. The number of amides is 1. The Labute approximate surface area is 163 Å². The number of aromatic nitrogens is 2. The van der Waals surface area contributed by atoms with Crippen LogP contribution in [-0.2, 0) is 0 Å². The molecule has 1 aromatic carbocycles. The quantitative estimate of drug-likeness (QED) is 0.732. The van der Waals surface area contributed by atoms with Crippen molar-refractivity contribution >= 4 is 34.9 Å². The summed E-state index contributed by atoms with van der Waals surface area (Å²) in [6, 6.07) is 3.97. The maximum absolute atomic E-state index is 13.7. The van der Waals surface area contributed by atoms with Gasteiger partial charge in [-0.1, -0.05) is 42.3 Å². The third kappa shape index (κ3) is 4.01. The monoisotopic (exact) mass is 420 g/mol. The molecule has 1 aliphatic heterocycles. The number of hydrogen-bond donors (Lipinski definition) is 2. The topological polar surface area (TPSA) is 59.0 Å². The Balaban J connectivity index is 2.01. The molecule has 0 unspecified atom stereocenters. The zero-order valence-electron chi connectivity index (χ0n) is 14.3. The second-order valence-electron chi connectivity index (χ2n) is 6.25. The third-order valence-corrected chi connectivity index (χ3v) is 4.93. The number of halogens is 5. The first kappa shape index (κ1) is 19.8. The van der Waals surface area contributed by atoms with Crippen LogP contribution in [0.5, 0.6) is 0 Å². The van der Waals surface area contributed by atoms with E-state index >= 15 is 0 Å². The van der Waals surface area contributed by atoms with Crippen molar-refractivity contribution in [1.29, 1.82) is 0 Å². The van der Waals surface area contributed by atoms with Crippen LogP contribution >= 0.6 is 23.2 Å². The molecule has 0 spiro atoms. The Bertz CT molecular complexity index is 836. The summed E-state index contributed by atoms with van der Waals surface area (Å²) in [6.45, 7) is 2.24. The summed E-state index contributed by atoms with van der Waals surface area (Å²) in [5.41, 5.74) is 0.410. The predicted molar refractivity (Wildman–Crippen MR) is 97.4 cm³/mol. The molecule has 2 atom stereocenters. The van der Waals surface area contributed by atoms with Gasteiger partial charge in [-0.05, 0) is 24.1 Å². The van der Waals surface area contributed by atoms with Crippen LogP contribution in [-0.4, -0.2) is 28.4 Å². The average molecular weight is 421 g/mol. The van der Waals surface area contributed by atoms with Gasteiger partial charge >= 0.3 is 6.18 Å². The van der Waals surface area contributed by atoms with E-state index in [2.05, 4.69) is 15.7 Å². The van der Waals surface area contributed by atoms with Gasteiger partial charge in [0.15, 0.2) is 11.7 Å². The van der Waals surface area contributed by atoms with Crippen LogP contribution in [0.15, 0.2) is 24.3 Å². The Morgan fingerprint density at radius 1 is 1.33 bits per heavy atom. The van der Waals surface area contributed by atoms with Gasteiger partial charge in [0.2, 0.25) is 0 Å². The molecule has 27 heavy (non-hydrogen) atoms. The highest BCUT2D eigenvalue weighted by atomic mass is 35.5. The minimum Gasteiger partial charge on any atom is -0.362 e. The van der Waals surface area contributed by atoms with Gasteiger partial charge in [0.25, 0.3) is 5.91 Å². The maximum atomic E-state index is 13.7. The molecule has 0 fully saturated rings. The molecule has 0 aliphatic carbocycles. The Kier molecular flexibility index (Phi) is 5.58. The van der Waals surface area contributed by atoms with Crippen LogP contribution in [0.25, 0.3) is 0 Å². The highest BCUT2D eigenvalue weighted by Gasteiger charge is 2.47. The number of carbonyl (C=O) groups excluding carboxylic acids is 1. The molecule has 2 heterocycles. The molecule has 1 amide bonds. The molecule has 10 heteroatoms. The van der Waals surface area contributed by atoms with Crippen molar-refractivity contribution in [2.24, 2.45) is 0 Å². The largest absolute Gasteiger partial charge is 0.410 e. The van der Waals surface area contributed by atoms with E-state index < -0.39 is 24.2 Å². The van der Waals surface area contributed by atoms with Crippen LogP contribution in [0.2, 0.25) is 10.0 Å². The molecule has 2 N–H and O–H groups in total. The molecule has 1 aromatic heterocycles. The molecule has 146 valence electrons. The van der Waals surface area contributed by atoms with E-state index in [1.807, 2.05) is 6.92 Å². The van der Waals surface area contributed by atoms with Crippen molar-refractivity contribution in [2.75, 3.05) is 11.9 Å². The first-order valence-corrected chi connectivity index (χ1v) is 9.12. The van der Waals surface area contributed by atoms with Gasteiger partial charge in [-0.2, -0.15) is 18.3 Å². The van der Waals surface area contributed by atoms with Gasteiger partial charge in [0.1, 0.15) is 10.8 Å². The molecular formula is C17H17Cl2F3N4O. The smallest absolute Gasteiger partial charge is 0.362 e. The predicted octanol–water partition coefficient (Wildman–Crippen LogP) is 4.99. The van der Waals surface area contributed by atoms with Crippen LogP contribution in [0.1, 0.15) is 47.9 Å². The Morgan fingerprint density at radius 3 is 2.59 bits per heavy atom. The lowest BCUT2D eigenvalue weighted by atomic mass is 9.97. The highest BCUT2D eigenvalue weighted by molar-refractivity contribution is 6.36. The lowest BCUT2D eigenvalue weighted by Crippen LogP contribution is -2.36. The standard InChI is InChI=1S/C17H17Cl2F3N4O/c1-2-7-23-16(27)14-13(19)15-24-11(9-3-5-10(18)6-4-9)8-12(17(20,21)22)26(15)25-14/h3-6,11-12,24H,2,7-8H2,1H3,(H,23,27)/t11-,12-/m1/s1. The fourth-order valence-electron chi connectivity index (χ4n) is 2.97. The van der Waals surface area contributed by atoms with E-state index in [-0.39, 0.29) is 23.0 Å². The van der Waals surface area contributed by atoms with Gasteiger partial charge < -0.3 is 10.6 Å². The molecule has 1 aliphatic rings. The van der Waals surface area contributed by atoms with E-state index in [1.165, 1.54) is 0 Å². The molecule has 0 radical (unpaired) electrons. The van der Waals surface area contributed by atoms with E-state index in [1.54, 1.807) is 24.3 Å². The number of anilines is 1. The van der Waals surface area contributed by atoms with Gasteiger partial charge in [0, 0.05) is 18.0 Å². The van der Waals surface area contributed by atoms with Gasteiger partial charge in [0.05, 0.1) is 6.04 Å². The maximum Gasteiger partial charge on any atom is 0.410 e. The first-order chi connectivity index (χ1) is 12.7. The fourth-order valence-corrected chi connectivity index (χ4v) is 3.36. The van der Waals surface area contributed by atoms with Crippen molar-refractivity contribution < 1.29 is 18.0 Å². The van der Waals surface area contributed by atoms with Crippen LogP contribution in [0, 0.1) is 0 Å². The fraction of sp³-hybridized carbons (Fsp3) is 0.412. The number of fused-ring (bicyclic) bond motifs is 1. The molecular weight excluding hydrogens is 404 g/mol. The lowest BCUT2D eigenvalue weighted by Gasteiger charge is -2.33. The van der Waals surface area contributed by atoms with E-state index in [0.29, 0.717) is 23.6 Å². The average Bonchev–Trinajstić information content (AvgIpc) is 2.95. The molecule has 0 saturated carbocycles. The number of nitrogens with zero attached hydrogens (tertiary/aromatic N) is 2. The Hall–Kier alpha value is -1.93. The van der Waals surface area contributed by atoms with Crippen molar-refractivity contribution in [3.05, 3.63) is 45.6 Å². The summed E-state index contributed by atoms with van der Waals surface area (Å²) in [4.78, 5) is 12.2. The summed E-state index contributed by atoms with van der Waals surface area (Å²) in [5.74, 6) is -0.624. The minimum atomic E-state index is -4.55. The molecule has 3 rings (SSSR count). The van der Waals surface area contributed by atoms with Crippen molar-refractivity contribution in [3.8, 4) is 0 Å². The summed E-state index contributed by atoms with van der Waals surface area (Å²) in [6.07, 6.45) is -4.15. The molecule has 0 bridgehead atoms. The number of benzene rings is 1. The van der Waals surface area contributed by atoms with Gasteiger partial charge in [-0.25, -0.2) is 4.68 Å². The molecule has 2 aromatic rings. The summed E-state index contributed by atoms with van der Waals surface area (Å²) >= 11 is 12.1. The number of nitrogens with one attached hydrogen (secondary N) is 2. The van der Waals surface area contributed by atoms with Gasteiger partial charge in [-0.15, -0.1) is 0 Å². The Morgan fingerprint density at radius 2 is 2.00 bits per heavy atom. The lowest BCUT2D eigenvalue weighted by molar-refractivity contribution is -0.173. The van der Waals surface area contributed by atoms with Gasteiger partial charge in [-0.3, -0.25) is 4.79 Å². The second-order valence-corrected chi connectivity index (χ2v) is 7.07. The number of alkyl halides is 3. The third-order valence-electron chi connectivity index (χ3n) is 4.32. The second kappa shape index (κ2) is 7.59. The molecule has 5 nitrogen and oxygen atoms in total. The highest BCUT2D eigenvalue weighted by Crippen LogP contribution is 2.46. The number of carbonyl (C=O) groups is 1. The molecule has 0 saturated heterocycles. The van der Waals surface area contributed by atoms with Crippen LogP contribution in [0.4, 0.5) is 19.0 Å². The first-order valence-electron chi connectivity index (χ1n) is 8.37. The van der Waals surface area contributed by atoms with Crippen LogP contribution < -0.4 is 10.6 Å². The minimum absolute atomic E-state index is 0.0214. The summed E-state index contributed by atoms with van der Waals surface area (Å²) in [5, 5.41) is 9.78. The SMILES string of the molecule is CCCNC(=O)c1nn2c(c1Cl)N[C@@H](c1ccc(Cl)cc1)C[C@@H]2C(F)(F)F. The van der Waals surface area contributed by atoms with Crippen molar-refractivity contribution in [3.63, 3.8) is 0 Å². The summed E-state index contributed by atoms with van der Waals surface area (Å²) < 4.78 is 41.8. The van der Waals surface area contributed by atoms with E-state index in [0.717, 1.165) is 4.68 Å². The van der Waals surface area contributed by atoms with Crippen LogP contribution in [0.3, 0.4) is 0 Å². The van der Waals surface area contributed by atoms with Crippen molar-refractivity contribution in [1.82, 2.24) is 15.1 Å². The van der Waals surface area contributed by atoms with E-state index in [9.17, 15) is 18.0 Å². The van der Waals surface area contributed by atoms with Crippen molar-refractivity contribution in [2.45, 2.75) is 38.0 Å².